The Morgan fingerprint density at radius 2 is 2.12 bits per heavy atom. The van der Waals surface area contributed by atoms with E-state index in [1.807, 2.05) is 0 Å². The van der Waals surface area contributed by atoms with Crippen molar-refractivity contribution in [3.05, 3.63) is 38.9 Å². The van der Waals surface area contributed by atoms with Crippen LogP contribution in [0.15, 0.2) is 18.2 Å². The molecule has 0 spiro atoms. The van der Waals surface area contributed by atoms with Gasteiger partial charge >= 0.3 is 12.0 Å². The maximum absolute atomic E-state index is 11.9. The fraction of sp³-hybridized carbons (Fsp3) is 0.286. The molecule has 12 heteroatoms. The molecular weight excluding hydrogens is 372 g/mol. The number of carbonyl (C=O) groups excluding carboxylic acids is 4. The minimum atomic E-state index is -0.908. The molecule has 11 nitrogen and oxygen atoms in total. The minimum absolute atomic E-state index is 0.0706. The van der Waals surface area contributed by atoms with E-state index in [0.717, 1.165) is 11.0 Å². The van der Waals surface area contributed by atoms with Crippen molar-refractivity contribution in [2.24, 2.45) is 0 Å². The second kappa shape index (κ2) is 8.25. The Labute approximate surface area is 151 Å². The van der Waals surface area contributed by atoms with Crippen LogP contribution in [-0.2, 0) is 14.3 Å². The summed E-state index contributed by atoms with van der Waals surface area (Å²) < 4.78 is 4.68. The summed E-state index contributed by atoms with van der Waals surface area (Å²) in [6.07, 6.45) is 0. The lowest BCUT2D eigenvalue weighted by atomic mass is 10.2. The molecule has 1 aliphatic heterocycles. The van der Waals surface area contributed by atoms with Crippen LogP contribution < -0.4 is 10.6 Å². The average Bonchev–Trinajstić information content (AvgIpc) is 3.03. The highest BCUT2D eigenvalue weighted by molar-refractivity contribution is 6.32. The number of nitrogens with one attached hydrogen (secondary N) is 2. The normalized spacial score (nSPS) is 13.1. The second-order valence-corrected chi connectivity index (χ2v) is 5.45. The van der Waals surface area contributed by atoms with Gasteiger partial charge in [0.15, 0.2) is 6.61 Å². The van der Waals surface area contributed by atoms with Gasteiger partial charge in [0, 0.05) is 24.7 Å². The Kier molecular flexibility index (Phi) is 6.07. The van der Waals surface area contributed by atoms with Crippen molar-refractivity contribution in [3.63, 3.8) is 0 Å². The maximum Gasteiger partial charge on any atom is 0.325 e. The Morgan fingerprint density at radius 3 is 2.73 bits per heavy atom. The molecule has 4 amide bonds. The molecule has 1 heterocycles. The molecule has 26 heavy (non-hydrogen) atoms. The first-order valence-corrected chi connectivity index (χ1v) is 7.63. The zero-order valence-corrected chi connectivity index (χ0v) is 13.9. The average molecular weight is 385 g/mol. The molecule has 2 N–H and O–H groups in total. The number of hydrogen-bond acceptors (Lipinski definition) is 7. The highest BCUT2D eigenvalue weighted by Crippen LogP contribution is 2.24. The number of hydrogen-bond donors (Lipinski definition) is 2. The highest BCUT2D eigenvalue weighted by atomic mass is 35.5. The van der Waals surface area contributed by atoms with E-state index in [2.05, 4.69) is 15.4 Å². The third kappa shape index (κ3) is 4.66. The molecule has 1 aliphatic rings. The first kappa shape index (κ1) is 19.1. The summed E-state index contributed by atoms with van der Waals surface area (Å²) in [7, 11) is 0. The molecule has 2 rings (SSSR count). The largest absolute Gasteiger partial charge is 0.454 e. The van der Waals surface area contributed by atoms with Crippen LogP contribution in [0.4, 0.5) is 10.5 Å². The van der Waals surface area contributed by atoms with Crippen molar-refractivity contribution < 1.29 is 28.8 Å². The van der Waals surface area contributed by atoms with Crippen LogP contribution in [0.25, 0.3) is 0 Å². The van der Waals surface area contributed by atoms with Crippen LogP contribution in [-0.4, -0.2) is 59.9 Å². The van der Waals surface area contributed by atoms with Gasteiger partial charge in [-0.3, -0.25) is 29.4 Å². The van der Waals surface area contributed by atoms with Gasteiger partial charge in [0.05, 0.1) is 4.92 Å². The quantitative estimate of drug-likeness (QED) is 0.400. The minimum Gasteiger partial charge on any atom is -0.454 e. The summed E-state index contributed by atoms with van der Waals surface area (Å²) in [6, 6.07) is 2.85. The van der Waals surface area contributed by atoms with Gasteiger partial charge in [0.1, 0.15) is 11.6 Å². The van der Waals surface area contributed by atoms with Gasteiger partial charge < -0.3 is 15.4 Å². The molecule has 138 valence electrons. The Balaban J connectivity index is 1.82. The van der Waals surface area contributed by atoms with Gasteiger partial charge in [0.2, 0.25) is 0 Å². The number of halogens is 1. The van der Waals surface area contributed by atoms with Crippen LogP contribution in [0.2, 0.25) is 5.02 Å². The molecule has 0 aromatic heterocycles. The van der Waals surface area contributed by atoms with Gasteiger partial charge in [-0.1, -0.05) is 11.6 Å². The van der Waals surface area contributed by atoms with Crippen molar-refractivity contribution in [1.82, 2.24) is 15.5 Å². The number of rotatable bonds is 6. The SMILES string of the molecule is O=C(CNC(=O)c1ccc(Cl)c([N+](=O)[O-])c1)OCC(=O)N1CCNC1=O. The van der Waals surface area contributed by atoms with Gasteiger partial charge in [-0.05, 0) is 12.1 Å². The smallest absolute Gasteiger partial charge is 0.325 e. The van der Waals surface area contributed by atoms with E-state index >= 15 is 0 Å². The summed E-state index contributed by atoms with van der Waals surface area (Å²) in [5, 5.41) is 15.3. The van der Waals surface area contributed by atoms with Crippen molar-refractivity contribution in [2.75, 3.05) is 26.2 Å². The number of imide groups is 1. The van der Waals surface area contributed by atoms with Crippen molar-refractivity contribution in [3.8, 4) is 0 Å². The lowest BCUT2D eigenvalue weighted by Crippen LogP contribution is -2.38. The van der Waals surface area contributed by atoms with Crippen LogP contribution in [0.5, 0.6) is 0 Å². The number of benzene rings is 1. The zero-order valence-electron chi connectivity index (χ0n) is 13.2. The second-order valence-electron chi connectivity index (χ2n) is 5.04. The number of nitro groups is 1. The Bertz CT molecular complexity index is 783. The van der Waals surface area contributed by atoms with E-state index in [4.69, 9.17) is 11.6 Å². The molecule has 0 atom stereocenters. The number of amides is 4. The first-order valence-electron chi connectivity index (χ1n) is 7.25. The fourth-order valence-corrected chi connectivity index (χ4v) is 2.22. The molecule has 1 aromatic carbocycles. The number of carbonyl (C=O) groups is 4. The fourth-order valence-electron chi connectivity index (χ4n) is 2.03. The van der Waals surface area contributed by atoms with E-state index < -0.39 is 47.6 Å². The lowest BCUT2D eigenvalue weighted by molar-refractivity contribution is -0.384. The molecule has 0 radical (unpaired) electrons. The van der Waals surface area contributed by atoms with Gasteiger partial charge in [-0.25, -0.2) is 4.79 Å². The zero-order chi connectivity index (χ0) is 19.3. The van der Waals surface area contributed by atoms with Gasteiger partial charge in [-0.15, -0.1) is 0 Å². The van der Waals surface area contributed by atoms with Crippen LogP contribution in [0, 0.1) is 10.1 Å². The molecule has 0 aliphatic carbocycles. The number of nitrogens with zero attached hydrogens (tertiary/aromatic N) is 2. The standard InChI is InChI=1S/C14H13ClN4O7/c15-9-2-1-8(5-10(9)19(24)25)13(22)17-6-12(21)26-7-11(20)18-4-3-16-14(18)23/h1-2,5H,3-4,6-7H2,(H,16,23)(H,17,22). The third-order valence-electron chi connectivity index (χ3n) is 3.31. The summed E-state index contributed by atoms with van der Waals surface area (Å²) in [4.78, 5) is 57.4. The molecule has 1 fully saturated rings. The van der Waals surface area contributed by atoms with Gasteiger partial charge in [-0.2, -0.15) is 0 Å². The monoisotopic (exact) mass is 384 g/mol. The number of ether oxygens (including phenoxy) is 1. The topological polar surface area (TPSA) is 148 Å². The number of nitro benzene ring substituents is 1. The van der Waals surface area contributed by atoms with E-state index in [9.17, 15) is 29.3 Å². The summed E-state index contributed by atoms with van der Waals surface area (Å²) in [5.41, 5.74) is -0.518. The maximum atomic E-state index is 11.9. The van der Waals surface area contributed by atoms with E-state index in [-0.39, 0.29) is 17.1 Å². The van der Waals surface area contributed by atoms with Gasteiger partial charge in [0.25, 0.3) is 17.5 Å². The molecule has 1 saturated heterocycles. The third-order valence-corrected chi connectivity index (χ3v) is 3.63. The molecule has 1 aromatic rings. The predicted molar refractivity (Wildman–Crippen MR) is 86.5 cm³/mol. The van der Waals surface area contributed by atoms with Crippen molar-refractivity contribution >= 4 is 41.1 Å². The summed E-state index contributed by atoms with van der Waals surface area (Å²) in [5.74, 6) is -2.35. The molecular formula is C14H13ClN4O7. The van der Waals surface area contributed by atoms with Crippen molar-refractivity contribution in [2.45, 2.75) is 0 Å². The lowest BCUT2D eigenvalue weighted by Gasteiger charge is -2.12. The molecule has 0 bridgehead atoms. The Morgan fingerprint density at radius 1 is 1.38 bits per heavy atom. The summed E-state index contributed by atoms with van der Waals surface area (Å²) >= 11 is 5.65. The number of urea groups is 1. The van der Waals surface area contributed by atoms with Crippen LogP contribution in [0.3, 0.4) is 0 Å². The summed E-state index contributed by atoms with van der Waals surface area (Å²) in [6.45, 7) is -0.702. The predicted octanol–water partition coefficient (Wildman–Crippen LogP) is 0.0730. The molecule has 0 unspecified atom stereocenters. The van der Waals surface area contributed by atoms with E-state index in [1.165, 1.54) is 12.1 Å². The van der Waals surface area contributed by atoms with Crippen molar-refractivity contribution in [1.29, 1.82) is 0 Å². The molecule has 0 saturated carbocycles. The Hall–Kier alpha value is -3.21. The van der Waals surface area contributed by atoms with Crippen LogP contribution >= 0.6 is 11.6 Å². The van der Waals surface area contributed by atoms with Crippen LogP contribution in [0.1, 0.15) is 10.4 Å². The first-order chi connectivity index (χ1) is 12.3. The van der Waals surface area contributed by atoms with E-state index in [0.29, 0.717) is 6.54 Å². The highest BCUT2D eigenvalue weighted by Gasteiger charge is 2.26. The number of esters is 1. The van der Waals surface area contributed by atoms with E-state index in [1.54, 1.807) is 0 Å².